The minimum absolute atomic E-state index is 0.104. The Balaban J connectivity index is 1.68. The van der Waals surface area contributed by atoms with Crippen LogP contribution in [0.2, 0.25) is 0 Å². The SMILES string of the molecule is CCCOc1ccc(C)cc1NC(=O)CC1=Nc2ccccc2S(=O)(=O)N1c1ccccc1. The van der Waals surface area contributed by atoms with E-state index in [4.69, 9.17) is 4.74 Å². The van der Waals surface area contributed by atoms with Crippen molar-refractivity contribution in [2.45, 2.75) is 31.6 Å². The number of aryl methyl sites for hydroxylation is 1. The van der Waals surface area contributed by atoms with Crippen molar-refractivity contribution in [1.82, 2.24) is 0 Å². The number of benzene rings is 3. The summed E-state index contributed by atoms with van der Waals surface area (Å²) in [5, 5.41) is 2.86. The lowest BCUT2D eigenvalue weighted by Gasteiger charge is -2.29. The molecule has 1 N–H and O–H groups in total. The number of nitrogens with zero attached hydrogens (tertiary/aromatic N) is 2. The van der Waals surface area contributed by atoms with Crippen LogP contribution in [0.25, 0.3) is 0 Å². The number of aliphatic imine (C=N–C) groups is 1. The number of sulfonamides is 1. The first-order valence-electron chi connectivity index (χ1n) is 10.7. The van der Waals surface area contributed by atoms with E-state index in [1.807, 2.05) is 32.0 Å². The minimum Gasteiger partial charge on any atom is -0.491 e. The summed E-state index contributed by atoms with van der Waals surface area (Å²) in [5.41, 5.74) is 2.24. The number of anilines is 2. The molecule has 1 heterocycles. The molecule has 0 saturated carbocycles. The second kappa shape index (κ2) is 9.46. The van der Waals surface area contributed by atoms with Crippen LogP contribution in [-0.2, 0) is 14.8 Å². The van der Waals surface area contributed by atoms with Crippen molar-refractivity contribution in [1.29, 1.82) is 0 Å². The maximum absolute atomic E-state index is 13.5. The summed E-state index contributed by atoms with van der Waals surface area (Å²) in [5.74, 6) is 0.302. The third-order valence-corrected chi connectivity index (χ3v) is 6.85. The minimum atomic E-state index is -3.93. The highest BCUT2D eigenvalue weighted by atomic mass is 32.2. The van der Waals surface area contributed by atoms with Gasteiger partial charge in [-0.25, -0.2) is 17.7 Å². The molecule has 3 aromatic carbocycles. The number of carbonyl (C=O) groups is 1. The highest BCUT2D eigenvalue weighted by Crippen LogP contribution is 2.36. The molecule has 0 aliphatic carbocycles. The first kappa shape index (κ1) is 22.5. The molecule has 8 heteroatoms. The van der Waals surface area contributed by atoms with E-state index < -0.39 is 15.9 Å². The van der Waals surface area contributed by atoms with Gasteiger partial charge in [0.15, 0.2) is 0 Å². The maximum atomic E-state index is 13.5. The van der Waals surface area contributed by atoms with E-state index in [2.05, 4.69) is 10.3 Å². The van der Waals surface area contributed by atoms with Gasteiger partial charge in [-0.15, -0.1) is 0 Å². The molecule has 0 unspecified atom stereocenters. The number of rotatable bonds is 7. The molecule has 0 saturated heterocycles. The molecular weight excluding hydrogens is 438 g/mol. The van der Waals surface area contributed by atoms with Gasteiger partial charge in [-0.2, -0.15) is 0 Å². The van der Waals surface area contributed by atoms with Crippen LogP contribution in [0, 0.1) is 6.92 Å². The van der Waals surface area contributed by atoms with E-state index in [1.54, 1.807) is 48.5 Å². The molecule has 0 radical (unpaired) electrons. The van der Waals surface area contributed by atoms with Gasteiger partial charge in [0.05, 0.1) is 30.1 Å². The van der Waals surface area contributed by atoms with Crippen molar-refractivity contribution in [2.24, 2.45) is 4.99 Å². The van der Waals surface area contributed by atoms with Crippen molar-refractivity contribution in [3.63, 3.8) is 0 Å². The zero-order valence-corrected chi connectivity index (χ0v) is 19.3. The number of nitrogens with one attached hydrogen (secondary N) is 1. The average Bonchev–Trinajstić information content (AvgIpc) is 2.79. The predicted molar refractivity (Wildman–Crippen MR) is 130 cm³/mol. The Morgan fingerprint density at radius 3 is 2.52 bits per heavy atom. The van der Waals surface area contributed by atoms with Crippen LogP contribution in [0.4, 0.5) is 17.1 Å². The normalized spacial score (nSPS) is 14.2. The molecule has 33 heavy (non-hydrogen) atoms. The quantitative estimate of drug-likeness (QED) is 0.531. The average molecular weight is 464 g/mol. The summed E-state index contributed by atoms with van der Waals surface area (Å²) < 4.78 is 33.8. The number of ether oxygens (including phenoxy) is 1. The van der Waals surface area contributed by atoms with Crippen LogP contribution < -0.4 is 14.4 Å². The van der Waals surface area contributed by atoms with Gasteiger partial charge in [0, 0.05) is 0 Å². The summed E-state index contributed by atoms with van der Waals surface area (Å²) in [4.78, 5) is 17.7. The number of para-hydroxylation sites is 2. The second-order valence-electron chi connectivity index (χ2n) is 7.67. The number of hydrogen-bond acceptors (Lipinski definition) is 5. The Morgan fingerprint density at radius 2 is 1.76 bits per heavy atom. The number of amides is 1. The Labute approximate surface area is 193 Å². The van der Waals surface area contributed by atoms with Gasteiger partial charge >= 0.3 is 0 Å². The molecule has 1 amide bonds. The van der Waals surface area contributed by atoms with Crippen LogP contribution >= 0.6 is 0 Å². The van der Waals surface area contributed by atoms with Crippen LogP contribution in [0.15, 0.2) is 82.7 Å². The topological polar surface area (TPSA) is 88.1 Å². The molecule has 0 spiro atoms. The molecule has 3 aromatic rings. The van der Waals surface area contributed by atoms with Gasteiger partial charge in [0.2, 0.25) is 5.91 Å². The second-order valence-corrected chi connectivity index (χ2v) is 9.43. The molecule has 1 aliphatic rings. The predicted octanol–water partition coefficient (Wildman–Crippen LogP) is 5.05. The molecule has 7 nitrogen and oxygen atoms in total. The van der Waals surface area contributed by atoms with E-state index in [0.717, 1.165) is 16.3 Å². The van der Waals surface area contributed by atoms with E-state index in [9.17, 15) is 13.2 Å². The van der Waals surface area contributed by atoms with Gasteiger partial charge < -0.3 is 10.1 Å². The Kier molecular flexibility index (Phi) is 6.46. The first-order chi connectivity index (χ1) is 15.9. The van der Waals surface area contributed by atoms with Crippen molar-refractivity contribution >= 4 is 38.8 Å². The van der Waals surface area contributed by atoms with Gasteiger partial charge in [-0.1, -0.05) is 43.3 Å². The lowest BCUT2D eigenvalue weighted by Crippen LogP contribution is -2.41. The smallest absolute Gasteiger partial charge is 0.271 e. The van der Waals surface area contributed by atoms with E-state index in [-0.39, 0.29) is 17.2 Å². The fourth-order valence-electron chi connectivity index (χ4n) is 3.57. The van der Waals surface area contributed by atoms with Crippen LogP contribution in [-0.4, -0.2) is 26.8 Å². The fourth-order valence-corrected chi connectivity index (χ4v) is 5.18. The Hall–Kier alpha value is -3.65. The fraction of sp³-hybridized carbons (Fsp3) is 0.200. The van der Waals surface area contributed by atoms with Crippen molar-refractivity contribution < 1.29 is 17.9 Å². The molecule has 0 atom stereocenters. The highest BCUT2D eigenvalue weighted by Gasteiger charge is 2.36. The lowest BCUT2D eigenvalue weighted by atomic mass is 10.2. The zero-order valence-electron chi connectivity index (χ0n) is 18.5. The van der Waals surface area contributed by atoms with Crippen LogP contribution in [0.3, 0.4) is 0 Å². The van der Waals surface area contributed by atoms with Crippen molar-refractivity contribution in [3.8, 4) is 5.75 Å². The number of amidine groups is 1. The number of hydrogen-bond donors (Lipinski definition) is 1. The highest BCUT2D eigenvalue weighted by molar-refractivity contribution is 7.93. The largest absolute Gasteiger partial charge is 0.491 e. The molecule has 0 bridgehead atoms. The zero-order chi connectivity index (χ0) is 23.4. The van der Waals surface area contributed by atoms with Gasteiger partial charge in [-0.3, -0.25) is 4.79 Å². The summed E-state index contributed by atoms with van der Waals surface area (Å²) in [6.45, 7) is 4.45. The van der Waals surface area contributed by atoms with E-state index >= 15 is 0 Å². The van der Waals surface area contributed by atoms with Crippen molar-refractivity contribution in [2.75, 3.05) is 16.2 Å². The standard InChI is InChI=1S/C25H25N3O4S/c1-3-15-32-22-14-13-18(2)16-21(22)27-25(29)17-24-26-20-11-7-8-12-23(20)33(30,31)28(24)19-9-5-4-6-10-19/h4-14,16H,3,15,17H2,1-2H3,(H,27,29). The summed E-state index contributed by atoms with van der Waals surface area (Å²) in [6.07, 6.45) is 0.602. The monoisotopic (exact) mass is 463 g/mol. The van der Waals surface area contributed by atoms with E-state index in [0.29, 0.717) is 29.4 Å². The summed E-state index contributed by atoms with van der Waals surface area (Å²) in [7, 11) is -3.93. The molecule has 0 aromatic heterocycles. The van der Waals surface area contributed by atoms with Gasteiger partial charge in [0.1, 0.15) is 16.5 Å². The Bertz CT molecular complexity index is 1300. The van der Waals surface area contributed by atoms with E-state index in [1.165, 1.54) is 6.07 Å². The first-order valence-corrected chi connectivity index (χ1v) is 12.1. The lowest BCUT2D eigenvalue weighted by molar-refractivity contribution is -0.115. The van der Waals surface area contributed by atoms with Crippen LogP contribution in [0.1, 0.15) is 25.3 Å². The van der Waals surface area contributed by atoms with Gasteiger partial charge in [-0.05, 0) is 55.3 Å². The summed E-state index contributed by atoms with van der Waals surface area (Å²) >= 11 is 0. The molecule has 170 valence electrons. The summed E-state index contributed by atoms with van der Waals surface area (Å²) in [6, 6.07) is 20.7. The Morgan fingerprint density at radius 1 is 1.03 bits per heavy atom. The van der Waals surface area contributed by atoms with Crippen molar-refractivity contribution in [3.05, 3.63) is 78.4 Å². The number of fused-ring (bicyclic) bond motifs is 1. The number of carbonyl (C=O) groups excluding carboxylic acids is 1. The molecule has 4 rings (SSSR count). The molecule has 1 aliphatic heterocycles. The van der Waals surface area contributed by atoms with Gasteiger partial charge in [0.25, 0.3) is 10.0 Å². The molecule has 0 fully saturated rings. The third kappa shape index (κ3) is 4.75. The van der Waals surface area contributed by atoms with Crippen LogP contribution in [0.5, 0.6) is 5.75 Å². The third-order valence-electron chi connectivity index (χ3n) is 5.05. The maximum Gasteiger partial charge on any atom is 0.271 e. The molecular formula is C25H25N3O4S.